The molecule has 3 aromatic rings. The van der Waals surface area contributed by atoms with Crippen molar-refractivity contribution in [3.05, 3.63) is 69.8 Å². The summed E-state index contributed by atoms with van der Waals surface area (Å²) >= 11 is 12.1. The summed E-state index contributed by atoms with van der Waals surface area (Å²) in [6.07, 6.45) is 0.703. The number of benzene rings is 2. The van der Waals surface area contributed by atoms with E-state index in [1.807, 2.05) is 50.2 Å². The summed E-state index contributed by atoms with van der Waals surface area (Å²) < 4.78 is 0. The van der Waals surface area contributed by atoms with Crippen molar-refractivity contribution in [3.63, 3.8) is 0 Å². The topological polar surface area (TPSA) is 57.8 Å². The summed E-state index contributed by atoms with van der Waals surface area (Å²) in [5.74, 6) is -0.295. The lowest BCUT2D eigenvalue weighted by atomic mass is 9.95. The molecule has 6 heteroatoms. The number of H-pyrrole nitrogens is 1. The number of aromatic nitrogens is 2. The van der Waals surface area contributed by atoms with E-state index in [-0.39, 0.29) is 11.8 Å². The number of hydrogen-bond acceptors (Lipinski definition) is 2. The van der Waals surface area contributed by atoms with E-state index in [4.69, 9.17) is 23.2 Å². The molecule has 26 heavy (non-hydrogen) atoms. The van der Waals surface area contributed by atoms with Gasteiger partial charge >= 0.3 is 0 Å². The number of amides is 1. The van der Waals surface area contributed by atoms with Crippen molar-refractivity contribution >= 4 is 34.8 Å². The van der Waals surface area contributed by atoms with E-state index in [1.165, 1.54) is 0 Å². The Balaban J connectivity index is 1.91. The number of hydrogen-bond donors (Lipinski definition) is 2. The Morgan fingerprint density at radius 1 is 1.15 bits per heavy atom. The van der Waals surface area contributed by atoms with E-state index >= 15 is 0 Å². The Labute approximate surface area is 162 Å². The standard InChI is InChI=1S/C20H19Cl2N3O/c1-3-15(13-7-5-4-6-8-13)20(26)23-18-12(2)24-25-19(18)14-9-10-16(21)17(22)11-14/h4-11,15H,3H2,1-2H3,(H,23,26)(H,24,25)/t15-/m1/s1. The third-order valence-corrected chi connectivity index (χ3v) is 5.05. The third kappa shape index (κ3) is 3.76. The van der Waals surface area contributed by atoms with Gasteiger partial charge < -0.3 is 5.32 Å². The highest BCUT2D eigenvalue weighted by atomic mass is 35.5. The van der Waals surface area contributed by atoms with Crippen LogP contribution in [0.15, 0.2) is 48.5 Å². The number of aromatic amines is 1. The molecule has 0 unspecified atom stereocenters. The largest absolute Gasteiger partial charge is 0.322 e. The zero-order valence-corrected chi connectivity index (χ0v) is 16.0. The average molecular weight is 388 g/mol. The number of halogens is 2. The van der Waals surface area contributed by atoms with Gasteiger partial charge in [-0.05, 0) is 31.0 Å². The smallest absolute Gasteiger partial charge is 0.232 e. The second kappa shape index (κ2) is 7.94. The predicted octanol–water partition coefficient (Wildman–Crippen LogP) is 5.82. The van der Waals surface area contributed by atoms with Crippen LogP contribution >= 0.6 is 23.2 Å². The molecule has 0 saturated carbocycles. The van der Waals surface area contributed by atoms with Crippen molar-refractivity contribution in [3.8, 4) is 11.3 Å². The minimum Gasteiger partial charge on any atom is -0.322 e. The number of aryl methyl sites for hydroxylation is 1. The predicted molar refractivity (Wildman–Crippen MR) is 107 cm³/mol. The van der Waals surface area contributed by atoms with Gasteiger partial charge in [0.15, 0.2) is 0 Å². The van der Waals surface area contributed by atoms with E-state index in [2.05, 4.69) is 15.5 Å². The molecule has 0 aliphatic heterocycles. The maximum atomic E-state index is 12.9. The summed E-state index contributed by atoms with van der Waals surface area (Å²) in [5.41, 5.74) is 3.85. The molecule has 0 aliphatic rings. The van der Waals surface area contributed by atoms with Gasteiger partial charge in [0.25, 0.3) is 0 Å². The molecule has 1 atom stereocenters. The van der Waals surface area contributed by atoms with Crippen LogP contribution in [0.2, 0.25) is 10.0 Å². The number of rotatable bonds is 5. The van der Waals surface area contributed by atoms with Gasteiger partial charge in [-0.2, -0.15) is 5.10 Å². The Hall–Kier alpha value is -2.30. The lowest BCUT2D eigenvalue weighted by Crippen LogP contribution is -2.21. The molecule has 0 saturated heterocycles. The molecule has 2 N–H and O–H groups in total. The quantitative estimate of drug-likeness (QED) is 0.578. The van der Waals surface area contributed by atoms with Gasteiger partial charge in [-0.25, -0.2) is 0 Å². The van der Waals surface area contributed by atoms with Crippen molar-refractivity contribution in [2.75, 3.05) is 5.32 Å². The van der Waals surface area contributed by atoms with Crippen molar-refractivity contribution in [1.82, 2.24) is 10.2 Å². The lowest BCUT2D eigenvalue weighted by molar-refractivity contribution is -0.117. The summed E-state index contributed by atoms with van der Waals surface area (Å²) in [5, 5.41) is 11.2. The molecule has 1 heterocycles. The van der Waals surface area contributed by atoms with Crippen LogP contribution in [0.25, 0.3) is 11.3 Å². The maximum Gasteiger partial charge on any atom is 0.232 e. The zero-order chi connectivity index (χ0) is 18.7. The number of nitrogens with zero attached hydrogens (tertiary/aromatic N) is 1. The van der Waals surface area contributed by atoms with E-state index in [0.717, 1.165) is 16.8 Å². The van der Waals surface area contributed by atoms with E-state index in [0.29, 0.717) is 27.8 Å². The zero-order valence-electron chi connectivity index (χ0n) is 14.5. The highest BCUT2D eigenvalue weighted by Gasteiger charge is 2.22. The van der Waals surface area contributed by atoms with Gasteiger partial charge in [-0.1, -0.05) is 66.5 Å². The summed E-state index contributed by atoms with van der Waals surface area (Å²) in [6.45, 7) is 3.87. The number of carbonyl (C=O) groups is 1. The molecule has 1 aromatic heterocycles. The van der Waals surface area contributed by atoms with Gasteiger partial charge in [0, 0.05) is 5.56 Å². The highest BCUT2D eigenvalue weighted by Crippen LogP contribution is 2.33. The SMILES string of the molecule is CC[C@@H](C(=O)Nc1c(-c2ccc(Cl)c(Cl)c2)n[nH]c1C)c1ccccc1. The molecule has 134 valence electrons. The average Bonchev–Trinajstić information content (AvgIpc) is 2.99. The third-order valence-electron chi connectivity index (χ3n) is 4.32. The van der Waals surface area contributed by atoms with Crippen molar-refractivity contribution in [2.45, 2.75) is 26.2 Å². The molecule has 1 amide bonds. The van der Waals surface area contributed by atoms with Crippen molar-refractivity contribution < 1.29 is 4.79 Å². The normalized spacial score (nSPS) is 12.0. The Morgan fingerprint density at radius 3 is 2.54 bits per heavy atom. The van der Waals surface area contributed by atoms with Crippen molar-refractivity contribution in [1.29, 1.82) is 0 Å². The van der Waals surface area contributed by atoms with Crippen LogP contribution in [0.5, 0.6) is 0 Å². The van der Waals surface area contributed by atoms with Crippen LogP contribution in [-0.2, 0) is 4.79 Å². The Bertz CT molecular complexity index is 922. The first-order valence-electron chi connectivity index (χ1n) is 8.37. The number of nitrogens with one attached hydrogen (secondary N) is 2. The van der Waals surface area contributed by atoms with Crippen LogP contribution < -0.4 is 5.32 Å². The van der Waals surface area contributed by atoms with Gasteiger partial charge in [0.05, 0.1) is 27.3 Å². The van der Waals surface area contributed by atoms with Crippen LogP contribution in [-0.4, -0.2) is 16.1 Å². The first kappa shape index (κ1) is 18.5. The van der Waals surface area contributed by atoms with Crippen LogP contribution in [0.3, 0.4) is 0 Å². The summed E-state index contributed by atoms with van der Waals surface area (Å²) in [7, 11) is 0. The van der Waals surface area contributed by atoms with Crippen molar-refractivity contribution in [2.24, 2.45) is 0 Å². The van der Waals surface area contributed by atoms with Crippen LogP contribution in [0.4, 0.5) is 5.69 Å². The van der Waals surface area contributed by atoms with Gasteiger partial charge in [-0.15, -0.1) is 0 Å². The van der Waals surface area contributed by atoms with Crippen LogP contribution in [0.1, 0.15) is 30.5 Å². The molecule has 0 aliphatic carbocycles. The molecular weight excluding hydrogens is 369 g/mol. The lowest BCUT2D eigenvalue weighted by Gasteiger charge is -2.16. The van der Waals surface area contributed by atoms with E-state index in [9.17, 15) is 4.79 Å². The first-order chi connectivity index (χ1) is 12.5. The minimum atomic E-state index is -0.229. The molecule has 4 nitrogen and oxygen atoms in total. The van der Waals surface area contributed by atoms with E-state index in [1.54, 1.807) is 12.1 Å². The summed E-state index contributed by atoms with van der Waals surface area (Å²) in [4.78, 5) is 12.9. The fourth-order valence-corrected chi connectivity index (χ4v) is 3.20. The molecular formula is C20H19Cl2N3O. The minimum absolute atomic E-state index is 0.0653. The second-order valence-corrected chi connectivity index (χ2v) is 6.88. The maximum absolute atomic E-state index is 12.9. The molecule has 0 bridgehead atoms. The van der Waals surface area contributed by atoms with Gasteiger partial charge in [0.2, 0.25) is 5.91 Å². The molecule has 0 radical (unpaired) electrons. The molecule has 2 aromatic carbocycles. The first-order valence-corrected chi connectivity index (χ1v) is 9.13. The Morgan fingerprint density at radius 2 is 1.88 bits per heavy atom. The highest BCUT2D eigenvalue weighted by molar-refractivity contribution is 6.42. The summed E-state index contributed by atoms with van der Waals surface area (Å²) in [6, 6.07) is 15.0. The van der Waals surface area contributed by atoms with Gasteiger partial charge in [0.1, 0.15) is 5.69 Å². The molecule has 3 rings (SSSR count). The van der Waals surface area contributed by atoms with Crippen LogP contribution in [0, 0.1) is 6.92 Å². The Kier molecular flexibility index (Phi) is 5.64. The number of carbonyl (C=O) groups excluding carboxylic acids is 1. The fraction of sp³-hybridized carbons (Fsp3) is 0.200. The van der Waals surface area contributed by atoms with E-state index < -0.39 is 0 Å². The fourth-order valence-electron chi connectivity index (χ4n) is 2.90. The molecule has 0 fully saturated rings. The molecule has 0 spiro atoms. The second-order valence-electron chi connectivity index (χ2n) is 6.06. The monoisotopic (exact) mass is 387 g/mol. The van der Waals surface area contributed by atoms with Gasteiger partial charge in [-0.3, -0.25) is 9.89 Å². The number of anilines is 1.